The third kappa shape index (κ3) is 3.10. The predicted molar refractivity (Wildman–Crippen MR) is 64.1 cm³/mol. The number of piperidine rings is 1. The van der Waals surface area contributed by atoms with Gasteiger partial charge in [-0.3, -0.25) is 4.79 Å². The van der Waals surface area contributed by atoms with Gasteiger partial charge in [-0.15, -0.1) is 11.6 Å². The third-order valence-electron chi connectivity index (χ3n) is 3.10. The molecule has 1 aliphatic rings. The molecule has 1 aliphatic heterocycles. The van der Waals surface area contributed by atoms with Crippen molar-refractivity contribution in [3.8, 4) is 0 Å². The molecule has 0 aromatic carbocycles. The first-order valence-electron chi connectivity index (χ1n) is 5.64. The lowest BCUT2D eigenvalue weighted by Gasteiger charge is -2.41. The van der Waals surface area contributed by atoms with E-state index in [9.17, 15) is 4.79 Å². The summed E-state index contributed by atoms with van der Waals surface area (Å²) >= 11 is 5.83. The smallest absolute Gasteiger partial charge is 0.229 e. The first-order chi connectivity index (χ1) is 6.78. The molecular weight excluding hydrogens is 210 g/mol. The number of nitrogens with zero attached hydrogens (tertiary/aromatic N) is 1. The molecule has 1 saturated heterocycles. The van der Waals surface area contributed by atoms with E-state index in [2.05, 4.69) is 13.8 Å². The Kier molecular flexibility index (Phi) is 3.70. The van der Waals surface area contributed by atoms with Gasteiger partial charge in [0.15, 0.2) is 0 Å². The van der Waals surface area contributed by atoms with E-state index >= 15 is 0 Å². The lowest BCUT2D eigenvalue weighted by atomic mass is 9.82. The van der Waals surface area contributed by atoms with E-state index in [1.54, 1.807) is 0 Å². The monoisotopic (exact) mass is 231 g/mol. The molecule has 1 fully saturated rings. The Morgan fingerprint density at radius 3 is 2.53 bits per heavy atom. The molecule has 0 saturated carbocycles. The molecule has 0 atom stereocenters. The molecule has 1 amide bonds. The molecule has 0 unspecified atom stereocenters. The SMILES string of the molecule is CC1(C)CCCN(C(=O)C(C)(C)CCl)C1. The van der Waals surface area contributed by atoms with Crippen LogP contribution in [0.15, 0.2) is 0 Å². The summed E-state index contributed by atoms with van der Waals surface area (Å²) in [5, 5.41) is 0. The van der Waals surface area contributed by atoms with Gasteiger partial charge in [-0.25, -0.2) is 0 Å². The van der Waals surface area contributed by atoms with Crippen LogP contribution in [0.4, 0.5) is 0 Å². The lowest BCUT2D eigenvalue weighted by molar-refractivity contribution is -0.142. The molecule has 0 aromatic rings. The van der Waals surface area contributed by atoms with Gasteiger partial charge in [-0.2, -0.15) is 0 Å². The van der Waals surface area contributed by atoms with Crippen LogP contribution in [0.2, 0.25) is 0 Å². The van der Waals surface area contributed by atoms with Crippen molar-refractivity contribution in [3.05, 3.63) is 0 Å². The molecule has 15 heavy (non-hydrogen) atoms. The van der Waals surface area contributed by atoms with Gasteiger partial charge in [0, 0.05) is 19.0 Å². The fourth-order valence-electron chi connectivity index (χ4n) is 2.08. The van der Waals surface area contributed by atoms with Gasteiger partial charge in [0.2, 0.25) is 5.91 Å². The highest BCUT2D eigenvalue weighted by Gasteiger charge is 2.36. The number of alkyl halides is 1. The summed E-state index contributed by atoms with van der Waals surface area (Å²) in [7, 11) is 0. The summed E-state index contributed by atoms with van der Waals surface area (Å²) in [5.41, 5.74) is -0.161. The van der Waals surface area contributed by atoms with E-state index in [0.717, 1.165) is 19.5 Å². The summed E-state index contributed by atoms with van der Waals surface area (Å²) in [5.74, 6) is 0.591. The highest BCUT2D eigenvalue weighted by Crippen LogP contribution is 2.31. The molecule has 0 N–H and O–H groups in total. The molecular formula is C12H22ClNO. The molecule has 0 aromatic heterocycles. The maximum absolute atomic E-state index is 12.2. The van der Waals surface area contributed by atoms with Crippen molar-refractivity contribution in [2.45, 2.75) is 40.5 Å². The van der Waals surface area contributed by atoms with E-state index in [0.29, 0.717) is 5.88 Å². The minimum Gasteiger partial charge on any atom is -0.342 e. The Hall–Kier alpha value is -0.240. The van der Waals surface area contributed by atoms with Crippen LogP contribution < -0.4 is 0 Å². The fourth-order valence-corrected chi connectivity index (χ4v) is 2.20. The van der Waals surface area contributed by atoms with Gasteiger partial charge in [0.05, 0.1) is 5.41 Å². The van der Waals surface area contributed by atoms with Crippen molar-refractivity contribution in [1.29, 1.82) is 0 Å². The number of carbonyl (C=O) groups is 1. The normalized spacial score (nSPS) is 21.5. The Morgan fingerprint density at radius 2 is 2.07 bits per heavy atom. The number of likely N-dealkylation sites (tertiary alicyclic amines) is 1. The second kappa shape index (κ2) is 4.32. The number of amides is 1. The van der Waals surface area contributed by atoms with E-state index in [1.807, 2.05) is 18.7 Å². The lowest BCUT2D eigenvalue weighted by Crippen LogP contribution is -2.49. The van der Waals surface area contributed by atoms with Crippen LogP contribution in [0.3, 0.4) is 0 Å². The van der Waals surface area contributed by atoms with Crippen LogP contribution in [0.5, 0.6) is 0 Å². The molecule has 2 nitrogen and oxygen atoms in total. The zero-order valence-corrected chi connectivity index (χ0v) is 11.0. The highest BCUT2D eigenvalue weighted by atomic mass is 35.5. The van der Waals surface area contributed by atoms with Gasteiger partial charge in [0.25, 0.3) is 0 Å². The third-order valence-corrected chi connectivity index (χ3v) is 3.77. The van der Waals surface area contributed by atoms with Crippen molar-refractivity contribution < 1.29 is 4.79 Å². The Balaban J connectivity index is 2.68. The highest BCUT2D eigenvalue weighted by molar-refractivity contribution is 6.19. The van der Waals surface area contributed by atoms with E-state index in [1.165, 1.54) is 6.42 Å². The fraction of sp³-hybridized carbons (Fsp3) is 0.917. The summed E-state index contributed by atoms with van der Waals surface area (Å²) in [4.78, 5) is 14.2. The van der Waals surface area contributed by atoms with E-state index in [4.69, 9.17) is 11.6 Å². The van der Waals surface area contributed by atoms with Crippen LogP contribution in [0.1, 0.15) is 40.5 Å². The standard InChI is InChI=1S/C12H22ClNO/c1-11(2)6-5-7-14(9-11)10(15)12(3,4)8-13/h5-9H2,1-4H3. The molecule has 0 aliphatic carbocycles. The van der Waals surface area contributed by atoms with Gasteiger partial charge in [0.1, 0.15) is 0 Å². The zero-order chi connectivity index (χ0) is 11.7. The number of rotatable bonds is 2. The zero-order valence-electron chi connectivity index (χ0n) is 10.3. The topological polar surface area (TPSA) is 20.3 Å². The molecule has 3 heteroatoms. The molecule has 0 radical (unpaired) electrons. The van der Waals surface area contributed by atoms with Crippen molar-refractivity contribution in [3.63, 3.8) is 0 Å². The van der Waals surface area contributed by atoms with Gasteiger partial charge >= 0.3 is 0 Å². The summed E-state index contributed by atoms with van der Waals surface area (Å²) < 4.78 is 0. The summed E-state index contributed by atoms with van der Waals surface area (Å²) in [6.45, 7) is 10.0. The van der Waals surface area contributed by atoms with Crippen LogP contribution in [0.25, 0.3) is 0 Å². The maximum Gasteiger partial charge on any atom is 0.229 e. The van der Waals surface area contributed by atoms with Crippen molar-refractivity contribution >= 4 is 17.5 Å². The Bertz CT molecular complexity index is 248. The molecule has 0 bridgehead atoms. The molecule has 0 spiro atoms. The number of hydrogen-bond acceptors (Lipinski definition) is 1. The van der Waals surface area contributed by atoms with E-state index < -0.39 is 5.41 Å². The average molecular weight is 232 g/mol. The second-order valence-electron chi connectivity index (χ2n) is 6.01. The van der Waals surface area contributed by atoms with Crippen molar-refractivity contribution in [2.24, 2.45) is 10.8 Å². The predicted octanol–water partition coefficient (Wildman–Crippen LogP) is 2.90. The number of hydrogen-bond donors (Lipinski definition) is 0. The average Bonchev–Trinajstić information content (AvgIpc) is 2.15. The minimum atomic E-state index is -0.422. The van der Waals surface area contributed by atoms with E-state index in [-0.39, 0.29) is 11.3 Å². The van der Waals surface area contributed by atoms with Crippen molar-refractivity contribution in [2.75, 3.05) is 19.0 Å². The number of carbonyl (C=O) groups excluding carboxylic acids is 1. The summed E-state index contributed by atoms with van der Waals surface area (Å²) in [6, 6.07) is 0. The molecule has 1 rings (SSSR count). The number of halogens is 1. The van der Waals surface area contributed by atoms with Crippen LogP contribution in [-0.4, -0.2) is 29.8 Å². The minimum absolute atomic E-state index is 0.199. The second-order valence-corrected chi connectivity index (χ2v) is 6.28. The maximum atomic E-state index is 12.2. The van der Waals surface area contributed by atoms with Gasteiger partial charge in [-0.05, 0) is 32.1 Å². The summed E-state index contributed by atoms with van der Waals surface area (Å²) in [6.07, 6.45) is 2.31. The molecule has 88 valence electrons. The van der Waals surface area contributed by atoms with Crippen LogP contribution >= 0.6 is 11.6 Å². The largest absolute Gasteiger partial charge is 0.342 e. The van der Waals surface area contributed by atoms with Gasteiger partial charge < -0.3 is 4.90 Å². The van der Waals surface area contributed by atoms with Gasteiger partial charge in [-0.1, -0.05) is 13.8 Å². The quantitative estimate of drug-likeness (QED) is 0.670. The Morgan fingerprint density at radius 1 is 1.47 bits per heavy atom. The first-order valence-corrected chi connectivity index (χ1v) is 6.17. The first kappa shape index (κ1) is 12.8. The van der Waals surface area contributed by atoms with Crippen LogP contribution in [0, 0.1) is 10.8 Å². The van der Waals surface area contributed by atoms with Crippen molar-refractivity contribution in [1.82, 2.24) is 4.90 Å². The van der Waals surface area contributed by atoms with Crippen LogP contribution in [-0.2, 0) is 4.79 Å². The molecule has 1 heterocycles. The Labute approximate surface area is 98.0 Å².